The van der Waals surface area contributed by atoms with Crippen LogP contribution < -0.4 is 10.1 Å². The van der Waals surface area contributed by atoms with Crippen LogP contribution in [-0.2, 0) is 6.61 Å². The van der Waals surface area contributed by atoms with E-state index in [1.807, 2.05) is 35.0 Å². The third-order valence-corrected chi connectivity index (χ3v) is 3.98. The molecule has 2 aromatic carbocycles. The Balaban J connectivity index is 1.43. The Labute approximate surface area is 155 Å². The number of hydrogen-bond acceptors (Lipinski definition) is 3. The maximum atomic E-state index is 13.3. The van der Waals surface area contributed by atoms with Crippen LogP contribution in [0.4, 0.5) is 10.1 Å². The molecule has 2 aromatic heterocycles. The molecule has 0 aliphatic rings. The molecule has 4 rings (SSSR count). The van der Waals surface area contributed by atoms with E-state index in [-0.39, 0.29) is 11.5 Å². The fraction of sp³-hybridized carbons (Fsp3) is 0.0476. The van der Waals surface area contributed by atoms with Crippen molar-refractivity contribution in [2.45, 2.75) is 6.61 Å². The predicted octanol–water partition coefficient (Wildman–Crippen LogP) is 4.30. The minimum atomic E-state index is -0.452. The maximum absolute atomic E-state index is 13.3. The summed E-state index contributed by atoms with van der Waals surface area (Å²) in [6.07, 6.45) is 3.83. The van der Waals surface area contributed by atoms with Crippen LogP contribution >= 0.6 is 0 Å². The van der Waals surface area contributed by atoms with Gasteiger partial charge in [0.1, 0.15) is 23.8 Å². The molecule has 0 saturated carbocycles. The average Bonchev–Trinajstić information content (AvgIpc) is 3.10. The van der Waals surface area contributed by atoms with Crippen molar-refractivity contribution in [1.29, 1.82) is 0 Å². The number of rotatable bonds is 5. The molecule has 0 aliphatic heterocycles. The zero-order valence-corrected chi connectivity index (χ0v) is 14.3. The van der Waals surface area contributed by atoms with Gasteiger partial charge in [-0.3, -0.25) is 4.79 Å². The van der Waals surface area contributed by atoms with Gasteiger partial charge in [-0.25, -0.2) is 9.37 Å². The van der Waals surface area contributed by atoms with Crippen LogP contribution in [0, 0.1) is 5.82 Å². The summed E-state index contributed by atoms with van der Waals surface area (Å²) in [5.41, 5.74) is 2.48. The van der Waals surface area contributed by atoms with Gasteiger partial charge >= 0.3 is 0 Å². The van der Waals surface area contributed by atoms with Crippen LogP contribution in [0.5, 0.6) is 5.75 Å². The first kappa shape index (κ1) is 16.8. The Kier molecular flexibility index (Phi) is 4.53. The molecule has 0 bridgehead atoms. The molecule has 1 N–H and O–H groups in total. The summed E-state index contributed by atoms with van der Waals surface area (Å²) in [6.45, 7) is 0.309. The Bertz CT molecular complexity index is 1070. The van der Waals surface area contributed by atoms with E-state index in [2.05, 4.69) is 10.3 Å². The lowest BCUT2D eigenvalue weighted by molar-refractivity contribution is 0.102. The molecule has 0 unspecified atom stereocenters. The summed E-state index contributed by atoms with van der Waals surface area (Å²) >= 11 is 0. The van der Waals surface area contributed by atoms with Crippen molar-refractivity contribution in [1.82, 2.24) is 9.38 Å². The number of aromatic nitrogens is 2. The Morgan fingerprint density at radius 2 is 1.96 bits per heavy atom. The van der Waals surface area contributed by atoms with E-state index in [1.54, 1.807) is 30.3 Å². The van der Waals surface area contributed by atoms with E-state index in [0.29, 0.717) is 18.0 Å². The molecule has 0 spiro atoms. The number of carbonyl (C=O) groups excluding carboxylic acids is 1. The van der Waals surface area contributed by atoms with E-state index in [0.717, 1.165) is 11.3 Å². The van der Waals surface area contributed by atoms with Crippen molar-refractivity contribution in [3.8, 4) is 5.75 Å². The van der Waals surface area contributed by atoms with Gasteiger partial charge in [0.25, 0.3) is 5.91 Å². The van der Waals surface area contributed by atoms with Gasteiger partial charge in [-0.2, -0.15) is 0 Å². The molecular weight excluding hydrogens is 345 g/mol. The number of anilines is 1. The van der Waals surface area contributed by atoms with Gasteiger partial charge in [-0.1, -0.05) is 18.2 Å². The smallest absolute Gasteiger partial charge is 0.255 e. The molecule has 2 heterocycles. The second-order valence-corrected chi connectivity index (χ2v) is 5.98. The van der Waals surface area contributed by atoms with Crippen molar-refractivity contribution in [3.63, 3.8) is 0 Å². The van der Waals surface area contributed by atoms with Gasteiger partial charge in [-0.15, -0.1) is 0 Å². The first-order chi connectivity index (χ1) is 13.2. The Hall–Kier alpha value is -3.67. The van der Waals surface area contributed by atoms with Gasteiger partial charge in [0.05, 0.1) is 5.69 Å². The second kappa shape index (κ2) is 7.29. The van der Waals surface area contributed by atoms with Crippen molar-refractivity contribution in [2.24, 2.45) is 0 Å². The lowest BCUT2D eigenvalue weighted by atomic mass is 10.2. The topological polar surface area (TPSA) is 55.6 Å². The Morgan fingerprint density at radius 1 is 1.07 bits per heavy atom. The fourth-order valence-electron chi connectivity index (χ4n) is 2.71. The standard InChI is InChI=1S/C21H16FN3O2/c22-16-6-3-5-15(11-16)21(26)24-17-7-4-8-19(12-17)27-14-18-13-25-10-2-1-9-20(25)23-18/h1-13H,14H2,(H,24,26). The number of carbonyl (C=O) groups is 1. The van der Waals surface area contributed by atoms with Crippen LogP contribution in [0.25, 0.3) is 5.65 Å². The van der Waals surface area contributed by atoms with Gasteiger partial charge in [0, 0.05) is 29.7 Å². The Morgan fingerprint density at radius 3 is 2.81 bits per heavy atom. The maximum Gasteiger partial charge on any atom is 0.255 e. The summed E-state index contributed by atoms with van der Waals surface area (Å²) < 4.78 is 21.0. The first-order valence-corrected chi connectivity index (χ1v) is 8.40. The predicted molar refractivity (Wildman–Crippen MR) is 100 cm³/mol. The lowest BCUT2D eigenvalue weighted by Gasteiger charge is -2.08. The molecule has 0 radical (unpaired) electrons. The summed E-state index contributed by atoms with van der Waals surface area (Å²) in [5, 5.41) is 2.74. The summed E-state index contributed by atoms with van der Waals surface area (Å²) in [7, 11) is 0. The zero-order chi connectivity index (χ0) is 18.6. The van der Waals surface area contributed by atoms with Crippen LogP contribution in [0.15, 0.2) is 79.1 Å². The highest BCUT2D eigenvalue weighted by Gasteiger charge is 2.08. The minimum absolute atomic E-state index is 0.256. The fourth-order valence-corrected chi connectivity index (χ4v) is 2.71. The highest BCUT2D eigenvalue weighted by molar-refractivity contribution is 6.04. The first-order valence-electron chi connectivity index (χ1n) is 8.40. The molecule has 27 heavy (non-hydrogen) atoms. The van der Waals surface area contributed by atoms with Crippen LogP contribution in [0.3, 0.4) is 0 Å². The quantitative estimate of drug-likeness (QED) is 0.576. The molecule has 5 nitrogen and oxygen atoms in total. The van der Waals surface area contributed by atoms with E-state index in [4.69, 9.17) is 4.74 Å². The number of hydrogen-bond donors (Lipinski definition) is 1. The minimum Gasteiger partial charge on any atom is -0.487 e. The van der Waals surface area contributed by atoms with Gasteiger partial charge in [0.2, 0.25) is 0 Å². The third-order valence-electron chi connectivity index (χ3n) is 3.98. The van der Waals surface area contributed by atoms with Crippen molar-refractivity contribution in [2.75, 3.05) is 5.32 Å². The number of halogens is 1. The number of amides is 1. The number of nitrogens with zero attached hydrogens (tertiary/aromatic N) is 2. The highest BCUT2D eigenvalue weighted by atomic mass is 19.1. The van der Waals surface area contributed by atoms with Crippen molar-refractivity contribution >= 4 is 17.2 Å². The molecule has 0 fully saturated rings. The van der Waals surface area contributed by atoms with E-state index in [1.165, 1.54) is 18.2 Å². The lowest BCUT2D eigenvalue weighted by Crippen LogP contribution is -2.12. The SMILES string of the molecule is O=C(Nc1cccc(OCc2cn3ccccc3n2)c1)c1cccc(F)c1. The number of benzene rings is 2. The van der Waals surface area contributed by atoms with Gasteiger partial charge < -0.3 is 14.5 Å². The highest BCUT2D eigenvalue weighted by Crippen LogP contribution is 2.19. The molecular formula is C21H16FN3O2. The zero-order valence-electron chi connectivity index (χ0n) is 14.3. The average molecular weight is 361 g/mol. The normalized spacial score (nSPS) is 10.7. The largest absolute Gasteiger partial charge is 0.487 e. The molecule has 134 valence electrons. The number of imidazole rings is 1. The van der Waals surface area contributed by atoms with Crippen LogP contribution in [0.2, 0.25) is 0 Å². The molecule has 6 heteroatoms. The van der Waals surface area contributed by atoms with Crippen molar-refractivity contribution in [3.05, 3.63) is 96.2 Å². The van der Waals surface area contributed by atoms with Crippen LogP contribution in [-0.4, -0.2) is 15.3 Å². The molecule has 0 atom stereocenters. The molecule has 0 aliphatic carbocycles. The van der Waals surface area contributed by atoms with Gasteiger partial charge in [-0.05, 0) is 42.5 Å². The van der Waals surface area contributed by atoms with Gasteiger partial charge in [0.15, 0.2) is 0 Å². The van der Waals surface area contributed by atoms with Crippen molar-refractivity contribution < 1.29 is 13.9 Å². The monoisotopic (exact) mass is 361 g/mol. The van der Waals surface area contributed by atoms with Crippen LogP contribution in [0.1, 0.15) is 16.1 Å². The second-order valence-electron chi connectivity index (χ2n) is 5.98. The number of nitrogens with one attached hydrogen (secondary N) is 1. The van der Waals surface area contributed by atoms with E-state index < -0.39 is 5.82 Å². The number of pyridine rings is 1. The third kappa shape index (κ3) is 3.95. The molecule has 0 saturated heterocycles. The summed E-state index contributed by atoms with van der Waals surface area (Å²) in [5.74, 6) is -0.233. The molecule has 1 amide bonds. The summed E-state index contributed by atoms with van der Waals surface area (Å²) in [4.78, 5) is 16.7. The molecule has 4 aromatic rings. The number of fused-ring (bicyclic) bond motifs is 1. The number of ether oxygens (including phenoxy) is 1. The van der Waals surface area contributed by atoms with E-state index >= 15 is 0 Å². The van der Waals surface area contributed by atoms with E-state index in [9.17, 15) is 9.18 Å². The summed E-state index contributed by atoms with van der Waals surface area (Å²) in [6, 6.07) is 18.4.